The molecule has 0 spiro atoms. The first-order chi connectivity index (χ1) is 7.22. The molecule has 5 nitrogen and oxygen atoms in total. The van der Waals surface area contributed by atoms with Crippen molar-refractivity contribution in [2.45, 2.75) is 5.75 Å². The number of hydrogen-bond acceptors (Lipinski definition) is 6. The van der Waals surface area contributed by atoms with Gasteiger partial charge in [-0.1, -0.05) is 0 Å². The Morgan fingerprint density at radius 1 is 1.40 bits per heavy atom. The highest BCUT2D eigenvalue weighted by molar-refractivity contribution is 7.98. The zero-order valence-electron chi connectivity index (χ0n) is 9.10. The molecule has 3 N–H and O–H groups in total. The van der Waals surface area contributed by atoms with E-state index in [1.807, 2.05) is 11.8 Å². The summed E-state index contributed by atoms with van der Waals surface area (Å²) in [5, 5.41) is 0. The van der Waals surface area contributed by atoms with Crippen LogP contribution < -0.4 is 11.3 Å². The second-order valence-electron chi connectivity index (χ2n) is 3.39. The van der Waals surface area contributed by atoms with Crippen LogP contribution in [0.4, 0.5) is 5.82 Å². The van der Waals surface area contributed by atoms with E-state index < -0.39 is 0 Å². The lowest BCUT2D eigenvalue weighted by atomic mass is 10.5. The van der Waals surface area contributed by atoms with Crippen LogP contribution in [0.2, 0.25) is 0 Å². The van der Waals surface area contributed by atoms with E-state index in [1.54, 1.807) is 12.4 Å². The van der Waals surface area contributed by atoms with Crippen LogP contribution in [0.3, 0.4) is 0 Å². The third-order valence-corrected chi connectivity index (χ3v) is 2.76. The number of rotatable bonds is 6. The van der Waals surface area contributed by atoms with Gasteiger partial charge in [0.05, 0.1) is 18.1 Å². The second kappa shape index (κ2) is 6.60. The van der Waals surface area contributed by atoms with E-state index in [0.29, 0.717) is 5.82 Å². The normalized spacial score (nSPS) is 10.7. The fraction of sp³-hybridized carbons (Fsp3) is 0.556. The molecule has 0 saturated carbocycles. The maximum absolute atomic E-state index is 5.19. The van der Waals surface area contributed by atoms with Crippen molar-refractivity contribution in [3.05, 3.63) is 18.1 Å². The molecule has 0 fully saturated rings. The van der Waals surface area contributed by atoms with Crippen LogP contribution in [-0.2, 0) is 5.75 Å². The van der Waals surface area contributed by atoms with Gasteiger partial charge in [0, 0.05) is 18.1 Å². The number of anilines is 1. The van der Waals surface area contributed by atoms with Crippen molar-refractivity contribution in [3.8, 4) is 0 Å². The Morgan fingerprint density at radius 2 is 2.20 bits per heavy atom. The van der Waals surface area contributed by atoms with E-state index in [9.17, 15) is 0 Å². The van der Waals surface area contributed by atoms with Crippen molar-refractivity contribution in [2.24, 2.45) is 5.84 Å². The van der Waals surface area contributed by atoms with E-state index >= 15 is 0 Å². The second-order valence-corrected chi connectivity index (χ2v) is 4.50. The number of aromatic nitrogens is 2. The van der Waals surface area contributed by atoms with Gasteiger partial charge in [-0.2, -0.15) is 11.8 Å². The highest BCUT2D eigenvalue weighted by Crippen LogP contribution is 2.09. The summed E-state index contributed by atoms with van der Waals surface area (Å²) in [6, 6.07) is 0. The van der Waals surface area contributed by atoms with Crippen molar-refractivity contribution in [3.63, 3.8) is 0 Å². The molecule has 84 valence electrons. The molecule has 0 aliphatic carbocycles. The van der Waals surface area contributed by atoms with Gasteiger partial charge in [-0.05, 0) is 14.1 Å². The summed E-state index contributed by atoms with van der Waals surface area (Å²) in [5.74, 6) is 7.78. The van der Waals surface area contributed by atoms with Crippen LogP contribution in [0.25, 0.3) is 0 Å². The van der Waals surface area contributed by atoms with Crippen LogP contribution >= 0.6 is 11.8 Å². The van der Waals surface area contributed by atoms with Gasteiger partial charge < -0.3 is 10.3 Å². The monoisotopic (exact) mass is 227 g/mol. The summed E-state index contributed by atoms with van der Waals surface area (Å²) < 4.78 is 0. The molecule has 1 aromatic rings. The summed E-state index contributed by atoms with van der Waals surface area (Å²) >= 11 is 1.85. The topological polar surface area (TPSA) is 67.1 Å². The molecular formula is C9H17N5S. The molecule has 0 aliphatic rings. The van der Waals surface area contributed by atoms with Crippen molar-refractivity contribution in [1.29, 1.82) is 0 Å². The number of hydrogen-bond donors (Lipinski definition) is 2. The average Bonchev–Trinajstić information content (AvgIpc) is 2.25. The lowest BCUT2D eigenvalue weighted by Gasteiger charge is -2.08. The minimum Gasteiger partial charge on any atom is -0.309 e. The summed E-state index contributed by atoms with van der Waals surface area (Å²) in [6.07, 6.45) is 3.39. The van der Waals surface area contributed by atoms with E-state index in [4.69, 9.17) is 5.84 Å². The molecule has 0 unspecified atom stereocenters. The van der Waals surface area contributed by atoms with Crippen LogP contribution in [0.15, 0.2) is 12.4 Å². The van der Waals surface area contributed by atoms with Crippen molar-refractivity contribution >= 4 is 17.6 Å². The maximum atomic E-state index is 5.19. The predicted molar refractivity (Wildman–Crippen MR) is 64.6 cm³/mol. The molecule has 0 amide bonds. The molecular weight excluding hydrogens is 210 g/mol. The number of nitrogen functional groups attached to an aromatic ring is 1. The third-order valence-electron chi connectivity index (χ3n) is 1.79. The molecule has 0 aliphatic heterocycles. The van der Waals surface area contributed by atoms with E-state index in [-0.39, 0.29) is 0 Å². The van der Waals surface area contributed by atoms with Crippen molar-refractivity contribution in [1.82, 2.24) is 14.9 Å². The molecule has 0 bridgehead atoms. The molecule has 1 rings (SSSR count). The van der Waals surface area contributed by atoms with Gasteiger partial charge in [0.2, 0.25) is 0 Å². The van der Waals surface area contributed by atoms with Gasteiger partial charge in [0.15, 0.2) is 5.82 Å². The van der Waals surface area contributed by atoms with E-state index in [1.165, 1.54) is 0 Å². The highest BCUT2D eigenvalue weighted by atomic mass is 32.2. The fourth-order valence-electron chi connectivity index (χ4n) is 0.928. The lowest BCUT2D eigenvalue weighted by molar-refractivity contribution is 0.437. The smallest absolute Gasteiger partial charge is 0.158 e. The number of nitrogens with one attached hydrogen (secondary N) is 1. The standard InChI is InChI=1S/C9H17N5S/c1-14(2)3-4-15-7-8-5-12-9(13-10)6-11-8/h5-6H,3-4,7,10H2,1-2H3,(H,12,13). The first kappa shape index (κ1) is 12.2. The fourth-order valence-corrected chi connectivity index (χ4v) is 1.92. The Balaban J connectivity index is 2.25. The Kier molecular flexibility index (Phi) is 5.38. The van der Waals surface area contributed by atoms with Gasteiger partial charge in [-0.15, -0.1) is 0 Å². The number of nitrogens with zero attached hydrogens (tertiary/aromatic N) is 3. The molecule has 1 aromatic heterocycles. The van der Waals surface area contributed by atoms with Crippen molar-refractivity contribution < 1.29 is 0 Å². The van der Waals surface area contributed by atoms with Gasteiger partial charge in [-0.25, -0.2) is 10.8 Å². The van der Waals surface area contributed by atoms with E-state index in [0.717, 1.165) is 23.7 Å². The Bertz CT molecular complexity index is 274. The first-order valence-electron chi connectivity index (χ1n) is 4.72. The van der Waals surface area contributed by atoms with Gasteiger partial charge in [0.1, 0.15) is 0 Å². The maximum Gasteiger partial charge on any atom is 0.158 e. The Labute approximate surface area is 94.4 Å². The van der Waals surface area contributed by atoms with Crippen LogP contribution in [-0.4, -0.2) is 41.3 Å². The van der Waals surface area contributed by atoms with Crippen LogP contribution in [0, 0.1) is 0 Å². The zero-order valence-corrected chi connectivity index (χ0v) is 9.92. The zero-order chi connectivity index (χ0) is 11.1. The molecule has 1 heterocycles. The molecule has 15 heavy (non-hydrogen) atoms. The summed E-state index contributed by atoms with van der Waals surface area (Å²) in [4.78, 5) is 10.5. The minimum absolute atomic E-state index is 0.594. The van der Waals surface area contributed by atoms with Gasteiger partial charge >= 0.3 is 0 Å². The molecule has 0 saturated heterocycles. The van der Waals surface area contributed by atoms with Crippen LogP contribution in [0.1, 0.15) is 5.69 Å². The molecule has 0 radical (unpaired) electrons. The molecule has 0 atom stereocenters. The van der Waals surface area contributed by atoms with Crippen LogP contribution in [0.5, 0.6) is 0 Å². The number of hydrazine groups is 1. The summed E-state index contributed by atoms with van der Waals surface area (Å²) in [6.45, 7) is 1.08. The van der Waals surface area contributed by atoms with Crippen molar-refractivity contribution in [2.75, 3.05) is 31.8 Å². The molecule has 0 aromatic carbocycles. The predicted octanol–water partition coefficient (Wildman–Crippen LogP) is 0.557. The SMILES string of the molecule is CN(C)CCSCc1cnc(NN)cn1. The number of nitrogens with two attached hydrogens (primary N) is 1. The number of thioether (sulfide) groups is 1. The third kappa shape index (κ3) is 4.96. The average molecular weight is 227 g/mol. The lowest BCUT2D eigenvalue weighted by Crippen LogP contribution is -2.14. The first-order valence-corrected chi connectivity index (χ1v) is 5.88. The summed E-state index contributed by atoms with van der Waals surface area (Å²) in [7, 11) is 4.14. The van der Waals surface area contributed by atoms with Gasteiger partial charge in [0.25, 0.3) is 0 Å². The molecule has 6 heteroatoms. The van der Waals surface area contributed by atoms with Gasteiger partial charge in [-0.3, -0.25) is 4.98 Å². The largest absolute Gasteiger partial charge is 0.309 e. The quantitative estimate of drug-likeness (QED) is 0.420. The van der Waals surface area contributed by atoms with E-state index in [2.05, 4.69) is 34.4 Å². The Morgan fingerprint density at radius 3 is 2.73 bits per heavy atom. The Hall–Kier alpha value is -0.850. The summed E-state index contributed by atoms with van der Waals surface area (Å²) in [5.41, 5.74) is 3.43. The highest BCUT2D eigenvalue weighted by Gasteiger charge is 1.97. The minimum atomic E-state index is 0.594.